The molecule has 3 nitrogen and oxygen atoms in total. The topological polar surface area (TPSA) is 39.9 Å². The third kappa shape index (κ3) is 4.24. The molecule has 1 aromatic heterocycles. The summed E-state index contributed by atoms with van der Waals surface area (Å²) in [6, 6.07) is 4.30. The summed E-state index contributed by atoms with van der Waals surface area (Å²) in [5, 5.41) is 9.25. The lowest BCUT2D eigenvalue weighted by molar-refractivity contribution is 0.789. The number of hydrogen-bond donors (Lipinski definition) is 0. The molecule has 0 aromatic carbocycles. The van der Waals surface area contributed by atoms with E-state index in [1.807, 2.05) is 26.8 Å². The van der Waals surface area contributed by atoms with Gasteiger partial charge in [-0.3, -0.25) is 0 Å². The van der Waals surface area contributed by atoms with Crippen molar-refractivity contribution in [2.75, 3.05) is 18.0 Å². The van der Waals surface area contributed by atoms with Crippen LogP contribution < -0.4 is 4.90 Å². The molecule has 1 aromatic rings. The van der Waals surface area contributed by atoms with Crippen molar-refractivity contribution in [1.29, 1.82) is 5.26 Å². The van der Waals surface area contributed by atoms with Gasteiger partial charge in [0.25, 0.3) is 0 Å². The summed E-state index contributed by atoms with van der Waals surface area (Å²) in [5.41, 5.74) is 2.79. The third-order valence-electron chi connectivity index (χ3n) is 2.98. The minimum Gasteiger partial charge on any atom is -0.356 e. The molecule has 0 spiro atoms. The first-order valence-corrected chi connectivity index (χ1v) is 7.21. The van der Waals surface area contributed by atoms with E-state index in [1.165, 1.54) is 0 Å². The van der Waals surface area contributed by atoms with Crippen molar-refractivity contribution in [3.8, 4) is 6.07 Å². The van der Waals surface area contributed by atoms with Crippen LogP contribution in [0.5, 0.6) is 0 Å². The molecule has 0 radical (unpaired) electrons. The van der Waals surface area contributed by atoms with Crippen LogP contribution >= 0.6 is 0 Å². The zero-order valence-corrected chi connectivity index (χ0v) is 13.4. The number of pyridine rings is 1. The molecular formula is C16H27N3. The molecule has 1 rings (SSSR count). The molecule has 0 fully saturated rings. The quantitative estimate of drug-likeness (QED) is 0.813. The molecule has 19 heavy (non-hydrogen) atoms. The van der Waals surface area contributed by atoms with Gasteiger partial charge in [0.2, 0.25) is 0 Å². The van der Waals surface area contributed by atoms with Gasteiger partial charge in [-0.25, -0.2) is 4.98 Å². The first-order chi connectivity index (χ1) is 9.04. The minimum absolute atomic E-state index is 0.385. The molecule has 0 amide bonds. The molecule has 3 heteroatoms. The van der Waals surface area contributed by atoms with E-state index in [0.717, 1.165) is 30.2 Å². The van der Waals surface area contributed by atoms with E-state index in [4.69, 9.17) is 0 Å². The first kappa shape index (κ1) is 17.4. The fraction of sp³-hybridized carbons (Fsp3) is 0.625. The number of nitrogens with zero attached hydrogens (tertiary/aromatic N) is 3. The number of aryl methyl sites for hydroxylation is 1. The van der Waals surface area contributed by atoms with Crippen molar-refractivity contribution < 1.29 is 0 Å². The van der Waals surface area contributed by atoms with Gasteiger partial charge in [0, 0.05) is 18.8 Å². The minimum atomic E-state index is 0.385. The molecule has 0 N–H and O–H groups in total. The van der Waals surface area contributed by atoms with E-state index in [2.05, 4.69) is 43.6 Å². The smallest absolute Gasteiger partial charge is 0.147 e. The number of anilines is 1. The fourth-order valence-corrected chi connectivity index (χ4v) is 1.87. The standard InChI is InChI=1S/C14H21N3.C2H6/c1-6-17(7-2)14-12(9-15)11(5)8-13(16-14)10(3)4;1-2/h8,10H,6-7H2,1-5H3;1-2H3. The summed E-state index contributed by atoms with van der Waals surface area (Å²) in [6.45, 7) is 16.2. The zero-order chi connectivity index (χ0) is 15.0. The third-order valence-corrected chi connectivity index (χ3v) is 2.98. The Morgan fingerprint density at radius 3 is 2.16 bits per heavy atom. The normalized spacial score (nSPS) is 9.63. The van der Waals surface area contributed by atoms with Gasteiger partial charge in [-0.2, -0.15) is 5.26 Å². The Kier molecular flexibility index (Phi) is 7.83. The van der Waals surface area contributed by atoms with E-state index in [9.17, 15) is 5.26 Å². The molecule has 1 heterocycles. The lowest BCUT2D eigenvalue weighted by Crippen LogP contribution is -2.25. The Balaban J connectivity index is 0.00000154. The average Bonchev–Trinajstić information content (AvgIpc) is 2.42. The molecule has 0 saturated carbocycles. The molecule has 0 bridgehead atoms. The Bertz CT molecular complexity index is 426. The summed E-state index contributed by atoms with van der Waals surface area (Å²) in [7, 11) is 0. The lowest BCUT2D eigenvalue weighted by atomic mass is 10.0. The highest BCUT2D eigenvalue weighted by atomic mass is 15.2. The Hall–Kier alpha value is -1.56. The van der Waals surface area contributed by atoms with Gasteiger partial charge in [-0.15, -0.1) is 0 Å². The Morgan fingerprint density at radius 1 is 1.26 bits per heavy atom. The maximum absolute atomic E-state index is 9.25. The number of aromatic nitrogens is 1. The van der Waals surface area contributed by atoms with Crippen LogP contribution in [0.1, 0.15) is 64.3 Å². The van der Waals surface area contributed by atoms with E-state index in [0.29, 0.717) is 11.5 Å². The zero-order valence-electron chi connectivity index (χ0n) is 13.4. The van der Waals surface area contributed by atoms with Gasteiger partial charge < -0.3 is 4.90 Å². The lowest BCUT2D eigenvalue weighted by Gasteiger charge is -2.23. The molecule has 106 valence electrons. The molecule has 0 unspecified atom stereocenters. The van der Waals surface area contributed by atoms with Crippen LogP contribution in [-0.4, -0.2) is 18.1 Å². The van der Waals surface area contributed by atoms with Gasteiger partial charge in [-0.1, -0.05) is 27.7 Å². The van der Waals surface area contributed by atoms with E-state index >= 15 is 0 Å². The van der Waals surface area contributed by atoms with Gasteiger partial charge in [0.05, 0.1) is 5.56 Å². The number of hydrogen-bond acceptors (Lipinski definition) is 3. The van der Waals surface area contributed by atoms with E-state index in [1.54, 1.807) is 0 Å². The van der Waals surface area contributed by atoms with Crippen LogP contribution in [-0.2, 0) is 0 Å². The van der Waals surface area contributed by atoms with Crippen molar-refractivity contribution in [3.63, 3.8) is 0 Å². The molecule has 0 atom stereocenters. The highest BCUT2D eigenvalue weighted by molar-refractivity contribution is 5.58. The van der Waals surface area contributed by atoms with Gasteiger partial charge in [0.1, 0.15) is 11.9 Å². The van der Waals surface area contributed by atoms with E-state index < -0.39 is 0 Å². The number of rotatable bonds is 4. The van der Waals surface area contributed by atoms with Crippen molar-refractivity contribution in [3.05, 3.63) is 22.9 Å². The van der Waals surface area contributed by atoms with Gasteiger partial charge >= 0.3 is 0 Å². The fourth-order valence-electron chi connectivity index (χ4n) is 1.87. The van der Waals surface area contributed by atoms with Crippen molar-refractivity contribution >= 4 is 5.82 Å². The summed E-state index contributed by atoms with van der Waals surface area (Å²) in [5.74, 6) is 1.22. The second kappa shape index (κ2) is 8.53. The van der Waals surface area contributed by atoms with Crippen LogP contribution in [0.3, 0.4) is 0 Å². The Morgan fingerprint density at radius 2 is 1.79 bits per heavy atom. The van der Waals surface area contributed by atoms with E-state index in [-0.39, 0.29) is 0 Å². The van der Waals surface area contributed by atoms with Crippen molar-refractivity contribution in [2.24, 2.45) is 0 Å². The summed E-state index contributed by atoms with van der Waals surface area (Å²) in [6.07, 6.45) is 0. The molecule has 0 saturated heterocycles. The predicted molar refractivity (Wildman–Crippen MR) is 82.7 cm³/mol. The van der Waals surface area contributed by atoms with Gasteiger partial charge in [0.15, 0.2) is 0 Å². The largest absolute Gasteiger partial charge is 0.356 e. The second-order valence-electron chi connectivity index (χ2n) is 4.50. The second-order valence-corrected chi connectivity index (χ2v) is 4.50. The first-order valence-electron chi connectivity index (χ1n) is 7.21. The maximum Gasteiger partial charge on any atom is 0.147 e. The van der Waals surface area contributed by atoms with Crippen LogP contribution in [0.4, 0.5) is 5.82 Å². The Labute approximate surface area is 118 Å². The summed E-state index contributed by atoms with van der Waals surface area (Å²) in [4.78, 5) is 6.79. The van der Waals surface area contributed by atoms with Crippen molar-refractivity contribution in [1.82, 2.24) is 4.98 Å². The predicted octanol–water partition coefficient (Wildman–Crippen LogP) is 4.26. The SMILES string of the molecule is CC.CCN(CC)c1nc(C(C)C)cc(C)c1C#N. The summed E-state index contributed by atoms with van der Waals surface area (Å²) >= 11 is 0. The van der Waals surface area contributed by atoms with Crippen molar-refractivity contribution in [2.45, 2.75) is 54.4 Å². The van der Waals surface area contributed by atoms with Crippen LogP contribution in [0.2, 0.25) is 0 Å². The van der Waals surface area contributed by atoms with Crippen LogP contribution in [0.15, 0.2) is 6.07 Å². The summed E-state index contributed by atoms with van der Waals surface area (Å²) < 4.78 is 0. The maximum atomic E-state index is 9.25. The average molecular weight is 261 g/mol. The van der Waals surface area contributed by atoms with Crippen LogP contribution in [0, 0.1) is 18.3 Å². The highest BCUT2D eigenvalue weighted by Gasteiger charge is 2.15. The molecule has 0 aliphatic carbocycles. The molecular weight excluding hydrogens is 234 g/mol. The molecule has 0 aliphatic rings. The van der Waals surface area contributed by atoms with Crippen LogP contribution in [0.25, 0.3) is 0 Å². The highest BCUT2D eigenvalue weighted by Crippen LogP contribution is 2.24. The van der Waals surface area contributed by atoms with Gasteiger partial charge in [-0.05, 0) is 38.3 Å². The molecule has 0 aliphatic heterocycles. The monoisotopic (exact) mass is 261 g/mol. The number of nitriles is 1.